The van der Waals surface area contributed by atoms with Crippen molar-refractivity contribution in [3.05, 3.63) is 12.3 Å². The van der Waals surface area contributed by atoms with Gasteiger partial charge in [-0.3, -0.25) is 0 Å². The molecule has 0 spiro atoms. The topological polar surface area (TPSA) is 23.5 Å². The van der Waals surface area contributed by atoms with Crippen molar-refractivity contribution in [2.45, 2.75) is 18.4 Å². The molecule has 0 saturated carbocycles. The minimum atomic E-state index is -0.460. The average molecular weight is 125 g/mol. The van der Waals surface area contributed by atoms with Crippen LogP contribution in [0.25, 0.3) is 0 Å². The summed E-state index contributed by atoms with van der Waals surface area (Å²) in [4.78, 5) is 2.17. The first-order valence-corrected chi connectivity index (χ1v) is 3.44. The molecule has 2 bridgehead atoms. The Labute approximate surface area is 54.8 Å². The summed E-state index contributed by atoms with van der Waals surface area (Å²) in [6.07, 6.45) is 6.00. The van der Waals surface area contributed by atoms with E-state index < -0.39 is 5.60 Å². The summed E-state index contributed by atoms with van der Waals surface area (Å²) < 4.78 is 0. The highest BCUT2D eigenvalue weighted by Crippen LogP contribution is 2.27. The predicted octanol–water partition coefficient (Wildman–Crippen LogP) is 0.341. The van der Waals surface area contributed by atoms with Gasteiger partial charge in [0.1, 0.15) is 5.60 Å². The van der Waals surface area contributed by atoms with E-state index >= 15 is 0 Å². The lowest BCUT2D eigenvalue weighted by Gasteiger charge is -2.29. The zero-order valence-corrected chi connectivity index (χ0v) is 5.38. The summed E-state index contributed by atoms with van der Waals surface area (Å²) in [5, 5.41) is 9.59. The Bertz CT molecular complexity index is 155. The molecule has 2 heteroatoms. The molecule has 1 saturated heterocycles. The van der Waals surface area contributed by atoms with Crippen molar-refractivity contribution in [1.29, 1.82) is 0 Å². The normalized spacial score (nSPS) is 39.9. The highest BCUT2D eigenvalue weighted by Gasteiger charge is 2.33. The van der Waals surface area contributed by atoms with Crippen molar-refractivity contribution in [1.82, 2.24) is 4.90 Å². The van der Waals surface area contributed by atoms with Crippen LogP contribution in [0.3, 0.4) is 0 Å². The lowest BCUT2D eigenvalue weighted by molar-refractivity contribution is 0.0442. The summed E-state index contributed by atoms with van der Waals surface area (Å²) >= 11 is 0. The van der Waals surface area contributed by atoms with Crippen molar-refractivity contribution in [2.75, 3.05) is 13.1 Å². The van der Waals surface area contributed by atoms with Crippen LogP contribution in [0.15, 0.2) is 12.3 Å². The van der Waals surface area contributed by atoms with Gasteiger partial charge in [0, 0.05) is 13.1 Å². The molecule has 0 radical (unpaired) electrons. The van der Waals surface area contributed by atoms with Gasteiger partial charge >= 0.3 is 0 Å². The summed E-state index contributed by atoms with van der Waals surface area (Å²) in [6, 6.07) is 0. The minimum Gasteiger partial charge on any atom is -0.384 e. The van der Waals surface area contributed by atoms with Crippen LogP contribution in [0, 0.1) is 0 Å². The maximum absolute atomic E-state index is 9.59. The zero-order chi connectivity index (χ0) is 6.32. The quantitative estimate of drug-likeness (QED) is 0.504. The van der Waals surface area contributed by atoms with Crippen LogP contribution in [0.1, 0.15) is 12.8 Å². The molecular weight excluding hydrogens is 114 g/mol. The summed E-state index contributed by atoms with van der Waals surface area (Å²) in [7, 11) is 0. The van der Waals surface area contributed by atoms with Crippen molar-refractivity contribution < 1.29 is 5.11 Å². The molecule has 0 aromatic carbocycles. The average Bonchev–Trinajstić information content (AvgIpc) is 2.07. The van der Waals surface area contributed by atoms with Gasteiger partial charge in [-0.05, 0) is 25.1 Å². The van der Waals surface area contributed by atoms with Crippen LogP contribution in [0.2, 0.25) is 0 Å². The first-order valence-electron chi connectivity index (χ1n) is 3.44. The molecule has 0 amide bonds. The fourth-order valence-corrected chi connectivity index (χ4v) is 1.61. The van der Waals surface area contributed by atoms with E-state index in [0.717, 1.165) is 25.9 Å². The molecule has 2 aliphatic heterocycles. The van der Waals surface area contributed by atoms with E-state index in [1.807, 2.05) is 12.3 Å². The van der Waals surface area contributed by atoms with Crippen LogP contribution in [-0.2, 0) is 0 Å². The van der Waals surface area contributed by atoms with Crippen LogP contribution in [-0.4, -0.2) is 28.7 Å². The molecule has 2 rings (SSSR count). The van der Waals surface area contributed by atoms with Gasteiger partial charge in [-0.1, -0.05) is 0 Å². The molecule has 0 aromatic rings. The van der Waals surface area contributed by atoms with E-state index in [2.05, 4.69) is 4.90 Å². The number of fused-ring (bicyclic) bond motifs is 2. The SMILES string of the molecule is OC12C=CN(CCC1)C2. The van der Waals surface area contributed by atoms with E-state index in [1.165, 1.54) is 0 Å². The first kappa shape index (κ1) is 5.30. The third kappa shape index (κ3) is 0.741. The molecule has 0 aliphatic carbocycles. The Morgan fingerprint density at radius 3 is 3.11 bits per heavy atom. The molecule has 0 aromatic heterocycles. The van der Waals surface area contributed by atoms with Gasteiger partial charge in [0.05, 0.1) is 0 Å². The Morgan fingerprint density at radius 2 is 2.44 bits per heavy atom. The largest absolute Gasteiger partial charge is 0.384 e. The Morgan fingerprint density at radius 1 is 1.56 bits per heavy atom. The van der Waals surface area contributed by atoms with E-state index in [4.69, 9.17) is 0 Å². The maximum Gasteiger partial charge on any atom is 0.102 e. The van der Waals surface area contributed by atoms with Crippen molar-refractivity contribution in [3.63, 3.8) is 0 Å². The lowest BCUT2D eigenvalue weighted by atomic mass is 9.97. The molecule has 1 fully saturated rings. The molecule has 2 heterocycles. The van der Waals surface area contributed by atoms with Crippen molar-refractivity contribution in [3.8, 4) is 0 Å². The molecule has 1 atom stereocenters. The second kappa shape index (κ2) is 1.51. The summed E-state index contributed by atoms with van der Waals surface area (Å²) in [6.45, 7) is 1.95. The van der Waals surface area contributed by atoms with Gasteiger partial charge in [0.15, 0.2) is 0 Å². The molecule has 1 unspecified atom stereocenters. The van der Waals surface area contributed by atoms with Crippen LogP contribution >= 0.6 is 0 Å². The van der Waals surface area contributed by atoms with Crippen molar-refractivity contribution in [2.24, 2.45) is 0 Å². The molecule has 2 aliphatic rings. The standard InChI is InChI=1S/C7H11NO/c9-7-2-1-4-8(6-7)5-3-7/h3,5,9H,1-2,4,6H2. The minimum absolute atomic E-state index is 0.460. The van der Waals surface area contributed by atoms with Gasteiger partial charge in [0.2, 0.25) is 0 Å². The second-order valence-electron chi connectivity index (χ2n) is 2.99. The van der Waals surface area contributed by atoms with Gasteiger partial charge in [0.25, 0.3) is 0 Å². The van der Waals surface area contributed by atoms with Gasteiger partial charge in [-0.15, -0.1) is 0 Å². The Hall–Kier alpha value is -0.500. The highest BCUT2D eigenvalue weighted by atomic mass is 16.3. The second-order valence-corrected chi connectivity index (χ2v) is 2.99. The van der Waals surface area contributed by atoms with E-state index in [-0.39, 0.29) is 0 Å². The van der Waals surface area contributed by atoms with E-state index in [0.29, 0.717) is 0 Å². The maximum atomic E-state index is 9.59. The lowest BCUT2D eigenvalue weighted by Crippen LogP contribution is -2.39. The molecule has 1 N–H and O–H groups in total. The fraction of sp³-hybridized carbons (Fsp3) is 0.714. The number of piperidine rings is 1. The van der Waals surface area contributed by atoms with Crippen molar-refractivity contribution >= 4 is 0 Å². The molecule has 2 nitrogen and oxygen atoms in total. The molecular formula is C7H11NO. The summed E-state index contributed by atoms with van der Waals surface area (Å²) in [5.41, 5.74) is -0.460. The number of aliphatic hydroxyl groups is 1. The smallest absolute Gasteiger partial charge is 0.102 e. The fourth-order valence-electron chi connectivity index (χ4n) is 1.61. The summed E-state index contributed by atoms with van der Waals surface area (Å²) in [5.74, 6) is 0. The van der Waals surface area contributed by atoms with Crippen LogP contribution in [0.4, 0.5) is 0 Å². The van der Waals surface area contributed by atoms with Gasteiger partial charge in [-0.25, -0.2) is 0 Å². The number of nitrogens with zero attached hydrogens (tertiary/aromatic N) is 1. The van der Waals surface area contributed by atoms with E-state index in [1.54, 1.807) is 0 Å². The molecule has 50 valence electrons. The first-order chi connectivity index (χ1) is 4.29. The third-order valence-electron chi connectivity index (χ3n) is 2.13. The Kier molecular flexibility index (Phi) is 0.887. The van der Waals surface area contributed by atoms with Crippen LogP contribution < -0.4 is 0 Å². The zero-order valence-electron chi connectivity index (χ0n) is 5.38. The van der Waals surface area contributed by atoms with Gasteiger partial charge in [-0.2, -0.15) is 0 Å². The monoisotopic (exact) mass is 125 g/mol. The number of rotatable bonds is 0. The number of hydrogen-bond donors (Lipinski definition) is 1. The predicted molar refractivity (Wildman–Crippen MR) is 34.9 cm³/mol. The van der Waals surface area contributed by atoms with Crippen LogP contribution in [0.5, 0.6) is 0 Å². The molecule has 9 heavy (non-hydrogen) atoms. The number of hydrogen-bond acceptors (Lipinski definition) is 2. The van der Waals surface area contributed by atoms with E-state index in [9.17, 15) is 5.11 Å². The third-order valence-corrected chi connectivity index (χ3v) is 2.13. The van der Waals surface area contributed by atoms with Gasteiger partial charge < -0.3 is 10.0 Å². The Balaban J connectivity index is 2.22. The highest BCUT2D eigenvalue weighted by molar-refractivity contribution is 5.11.